The molecule has 0 radical (unpaired) electrons. The van der Waals surface area contributed by atoms with Crippen LogP contribution < -0.4 is 0 Å². The Labute approximate surface area is 106 Å². The van der Waals surface area contributed by atoms with Crippen LogP contribution in [0, 0.1) is 3.57 Å². The first-order valence-electron chi connectivity index (χ1n) is 4.67. The number of fused-ring (bicyclic) bond motifs is 1. The van der Waals surface area contributed by atoms with Gasteiger partial charge in [0.15, 0.2) is 0 Å². The number of nitrogens with zero attached hydrogens (tertiary/aromatic N) is 1. The molecule has 0 aliphatic rings. The highest BCUT2D eigenvalue weighted by Crippen LogP contribution is 2.29. The van der Waals surface area contributed by atoms with Crippen molar-refractivity contribution in [2.45, 2.75) is 19.9 Å². The van der Waals surface area contributed by atoms with Crippen LogP contribution in [0.25, 0.3) is 10.9 Å². The van der Waals surface area contributed by atoms with Crippen LogP contribution in [0.15, 0.2) is 28.9 Å². The molecular weight excluding hydrogens is 353 g/mol. The van der Waals surface area contributed by atoms with E-state index >= 15 is 0 Å². The minimum absolute atomic E-state index is 1.09. The van der Waals surface area contributed by atoms with Crippen LogP contribution in [0.3, 0.4) is 0 Å². The van der Waals surface area contributed by atoms with Crippen molar-refractivity contribution in [3.05, 3.63) is 32.4 Å². The van der Waals surface area contributed by atoms with Crippen LogP contribution in [0.1, 0.15) is 13.3 Å². The fourth-order valence-electron chi connectivity index (χ4n) is 1.69. The zero-order valence-corrected chi connectivity index (χ0v) is 11.7. The molecule has 0 aliphatic heterocycles. The molecule has 0 bridgehead atoms. The summed E-state index contributed by atoms with van der Waals surface area (Å²) >= 11 is 6.00. The van der Waals surface area contributed by atoms with E-state index in [1.54, 1.807) is 0 Å². The summed E-state index contributed by atoms with van der Waals surface area (Å²) in [6, 6.07) is 6.36. The Morgan fingerprint density at radius 1 is 1.43 bits per heavy atom. The molecule has 0 atom stereocenters. The monoisotopic (exact) mass is 363 g/mol. The molecule has 0 aliphatic carbocycles. The molecule has 0 saturated heterocycles. The molecular formula is C11H11BrIN. The summed E-state index contributed by atoms with van der Waals surface area (Å²) < 4.78 is 4.83. The van der Waals surface area contributed by atoms with Gasteiger partial charge in [-0.1, -0.05) is 19.1 Å². The van der Waals surface area contributed by atoms with Gasteiger partial charge in [-0.25, -0.2) is 0 Å². The maximum Gasteiger partial charge on any atom is 0.0635 e. The lowest BCUT2D eigenvalue weighted by Gasteiger charge is -2.03. The molecule has 0 spiro atoms. The second-order valence-corrected chi connectivity index (χ2v) is 5.32. The van der Waals surface area contributed by atoms with E-state index in [1.165, 1.54) is 25.4 Å². The van der Waals surface area contributed by atoms with Gasteiger partial charge in [0.1, 0.15) is 0 Å². The number of halogens is 2. The van der Waals surface area contributed by atoms with Crippen molar-refractivity contribution in [3.63, 3.8) is 0 Å². The lowest BCUT2D eigenvalue weighted by atomic mass is 10.2. The molecule has 1 aromatic heterocycles. The van der Waals surface area contributed by atoms with E-state index in [0.29, 0.717) is 0 Å². The van der Waals surface area contributed by atoms with Crippen LogP contribution in [-0.2, 0) is 6.54 Å². The second kappa shape index (κ2) is 4.23. The van der Waals surface area contributed by atoms with E-state index in [4.69, 9.17) is 0 Å². The van der Waals surface area contributed by atoms with Gasteiger partial charge in [0.05, 0.1) is 5.52 Å². The van der Waals surface area contributed by atoms with Crippen molar-refractivity contribution in [1.82, 2.24) is 4.57 Å². The van der Waals surface area contributed by atoms with Crippen LogP contribution in [0.5, 0.6) is 0 Å². The van der Waals surface area contributed by atoms with Gasteiger partial charge in [-0.2, -0.15) is 0 Å². The van der Waals surface area contributed by atoms with Crippen molar-refractivity contribution in [1.29, 1.82) is 0 Å². The van der Waals surface area contributed by atoms with Crippen LogP contribution >= 0.6 is 38.5 Å². The molecule has 0 unspecified atom stereocenters. The van der Waals surface area contributed by atoms with Gasteiger partial charge < -0.3 is 4.57 Å². The van der Waals surface area contributed by atoms with Crippen molar-refractivity contribution in [2.75, 3.05) is 0 Å². The van der Waals surface area contributed by atoms with E-state index in [2.05, 4.69) is 74.4 Å². The number of aromatic nitrogens is 1. The fraction of sp³-hybridized carbons (Fsp3) is 0.273. The number of para-hydroxylation sites is 1. The van der Waals surface area contributed by atoms with Crippen LogP contribution in [0.4, 0.5) is 0 Å². The molecule has 0 saturated carbocycles. The molecule has 14 heavy (non-hydrogen) atoms. The average molecular weight is 364 g/mol. The Bertz CT molecular complexity index is 462. The highest BCUT2D eigenvalue weighted by atomic mass is 127. The van der Waals surface area contributed by atoms with Crippen molar-refractivity contribution in [3.8, 4) is 0 Å². The van der Waals surface area contributed by atoms with Crippen LogP contribution in [-0.4, -0.2) is 4.57 Å². The topological polar surface area (TPSA) is 4.93 Å². The third-order valence-corrected chi connectivity index (χ3v) is 3.76. The predicted octanol–water partition coefficient (Wildman–Crippen LogP) is 4.42. The molecule has 1 nitrogen and oxygen atoms in total. The standard InChI is InChI=1S/C11H11BrIN/c1-2-6-14-7-10(13)8-4-3-5-9(12)11(8)14/h3-5,7H,2,6H2,1H3. The van der Waals surface area contributed by atoms with Gasteiger partial charge in [-0.15, -0.1) is 0 Å². The Hall–Kier alpha value is -0.0300. The number of benzene rings is 1. The van der Waals surface area contributed by atoms with E-state index in [1.807, 2.05) is 0 Å². The predicted molar refractivity (Wildman–Crippen MR) is 72.6 cm³/mol. The molecule has 0 fully saturated rings. The normalized spacial score (nSPS) is 11.1. The minimum atomic E-state index is 1.09. The molecule has 0 N–H and O–H groups in total. The van der Waals surface area contributed by atoms with Crippen molar-refractivity contribution < 1.29 is 0 Å². The fourth-order valence-corrected chi connectivity index (χ4v) is 3.05. The average Bonchev–Trinajstić information content (AvgIpc) is 2.46. The Kier molecular flexibility index (Phi) is 3.17. The Morgan fingerprint density at radius 2 is 2.21 bits per heavy atom. The van der Waals surface area contributed by atoms with Gasteiger partial charge in [0.2, 0.25) is 0 Å². The number of hydrogen-bond acceptors (Lipinski definition) is 0. The Morgan fingerprint density at radius 3 is 2.93 bits per heavy atom. The van der Waals surface area contributed by atoms with Crippen LogP contribution in [0.2, 0.25) is 0 Å². The molecule has 2 aromatic rings. The summed E-state index contributed by atoms with van der Waals surface area (Å²) in [6.45, 7) is 3.29. The lowest BCUT2D eigenvalue weighted by molar-refractivity contribution is 0.702. The quantitative estimate of drug-likeness (QED) is 0.696. The summed E-state index contributed by atoms with van der Waals surface area (Å²) in [5.74, 6) is 0. The molecule has 0 amide bonds. The molecule has 1 heterocycles. The number of rotatable bonds is 2. The van der Waals surface area contributed by atoms with Crippen molar-refractivity contribution >= 4 is 49.4 Å². The van der Waals surface area contributed by atoms with Gasteiger partial charge in [0.25, 0.3) is 0 Å². The van der Waals surface area contributed by atoms with Gasteiger partial charge in [-0.05, 0) is 51.0 Å². The first-order valence-corrected chi connectivity index (χ1v) is 6.54. The second-order valence-electron chi connectivity index (χ2n) is 3.31. The first-order chi connectivity index (χ1) is 6.74. The van der Waals surface area contributed by atoms with Gasteiger partial charge in [-0.3, -0.25) is 0 Å². The van der Waals surface area contributed by atoms with Crippen molar-refractivity contribution in [2.24, 2.45) is 0 Å². The SMILES string of the molecule is CCCn1cc(I)c2cccc(Br)c21. The zero-order chi connectivity index (χ0) is 10.1. The van der Waals surface area contributed by atoms with E-state index in [0.717, 1.165) is 6.54 Å². The molecule has 2 rings (SSSR count). The highest BCUT2D eigenvalue weighted by molar-refractivity contribution is 14.1. The third-order valence-electron chi connectivity index (χ3n) is 2.26. The zero-order valence-electron chi connectivity index (χ0n) is 7.93. The Balaban J connectivity index is 2.72. The van der Waals surface area contributed by atoms with Gasteiger partial charge in [0, 0.05) is 26.2 Å². The van der Waals surface area contributed by atoms with Gasteiger partial charge >= 0.3 is 0 Å². The number of aryl methyl sites for hydroxylation is 1. The summed E-state index contributed by atoms with van der Waals surface area (Å²) in [7, 11) is 0. The summed E-state index contributed by atoms with van der Waals surface area (Å²) in [5.41, 5.74) is 1.32. The largest absolute Gasteiger partial charge is 0.345 e. The smallest absolute Gasteiger partial charge is 0.0635 e. The van der Waals surface area contributed by atoms with E-state index in [9.17, 15) is 0 Å². The summed E-state index contributed by atoms with van der Waals surface area (Å²) in [4.78, 5) is 0. The molecule has 74 valence electrons. The number of hydrogen-bond donors (Lipinski definition) is 0. The maximum atomic E-state index is 3.61. The first kappa shape index (κ1) is 10.5. The summed E-state index contributed by atoms with van der Waals surface area (Å²) in [6.07, 6.45) is 3.39. The maximum absolute atomic E-state index is 3.61. The molecule has 3 heteroatoms. The third kappa shape index (κ3) is 1.72. The van der Waals surface area contributed by atoms with E-state index < -0.39 is 0 Å². The minimum Gasteiger partial charge on any atom is -0.345 e. The summed E-state index contributed by atoms with van der Waals surface area (Å²) in [5, 5.41) is 1.34. The lowest BCUT2D eigenvalue weighted by Crippen LogP contribution is -1.94. The molecule has 1 aromatic carbocycles. The highest BCUT2D eigenvalue weighted by Gasteiger charge is 2.07. The van der Waals surface area contributed by atoms with E-state index in [-0.39, 0.29) is 0 Å².